The lowest BCUT2D eigenvalue weighted by atomic mass is 9.90. The van der Waals surface area contributed by atoms with E-state index in [0.29, 0.717) is 17.3 Å². The van der Waals surface area contributed by atoms with Gasteiger partial charge in [0, 0.05) is 4.88 Å². The number of nitrogens with zero attached hydrogens (tertiary/aromatic N) is 1. The van der Waals surface area contributed by atoms with E-state index in [0.717, 1.165) is 30.5 Å². The summed E-state index contributed by atoms with van der Waals surface area (Å²) in [6.07, 6.45) is 5.16. The molecular weight excluding hydrogens is 360 g/mol. The number of amides is 1. The first kappa shape index (κ1) is 17.8. The zero-order chi connectivity index (χ0) is 18.8. The second-order valence-electron chi connectivity index (χ2n) is 7.08. The van der Waals surface area contributed by atoms with Gasteiger partial charge in [0.25, 0.3) is 5.91 Å². The van der Waals surface area contributed by atoms with E-state index in [9.17, 15) is 9.59 Å². The normalized spacial score (nSPS) is 18.5. The van der Waals surface area contributed by atoms with Crippen molar-refractivity contribution >= 4 is 28.9 Å². The Morgan fingerprint density at radius 2 is 2.11 bits per heavy atom. The Bertz CT molecular complexity index is 888. The van der Waals surface area contributed by atoms with E-state index >= 15 is 0 Å². The third-order valence-electron chi connectivity index (χ3n) is 4.98. The Balaban J connectivity index is 1.30. The van der Waals surface area contributed by atoms with Crippen LogP contribution in [0.2, 0.25) is 0 Å². The van der Waals surface area contributed by atoms with Gasteiger partial charge in [-0.15, -0.1) is 11.3 Å². The fourth-order valence-corrected chi connectivity index (χ4v) is 4.57. The van der Waals surface area contributed by atoms with Crippen molar-refractivity contribution in [3.8, 4) is 0 Å². The highest BCUT2D eigenvalue weighted by Gasteiger charge is 2.24. The van der Waals surface area contributed by atoms with Crippen molar-refractivity contribution < 1.29 is 14.3 Å². The summed E-state index contributed by atoms with van der Waals surface area (Å²) in [4.78, 5) is 26.6. The number of rotatable bonds is 4. The first-order chi connectivity index (χ1) is 13.1. The number of nitrogens with one attached hydrogen (secondary N) is 1. The summed E-state index contributed by atoms with van der Waals surface area (Å²) < 4.78 is 5.26. The molecule has 0 bridgehead atoms. The van der Waals surface area contributed by atoms with Gasteiger partial charge in [-0.05, 0) is 48.4 Å². The van der Waals surface area contributed by atoms with Gasteiger partial charge in [0.1, 0.15) is 4.88 Å². The lowest BCUT2D eigenvalue weighted by molar-refractivity contribution is -0.135. The highest BCUT2D eigenvalue weighted by atomic mass is 32.1. The molecule has 5 nitrogen and oxygen atoms in total. The molecule has 2 aliphatic rings. The third kappa shape index (κ3) is 3.90. The van der Waals surface area contributed by atoms with Gasteiger partial charge in [-0.3, -0.25) is 10.2 Å². The molecule has 0 fully saturated rings. The second kappa shape index (κ2) is 7.56. The number of esters is 1. The number of hydrogen-bond donors (Lipinski definition) is 1. The standard InChI is InChI=1S/C21H22N2O3S/c1-14-7-8-18-16(11-14)12-19(27-18)21(25)26-13-20(24)23-10-9-17(22-23)15-5-3-2-4-6-15/h2-6,9,12,14,22H,7-8,10-11,13H2,1H3/t14-/m0/s1. The number of aryl methyl sites for hydroxylation is 1. The largest absolute Gasteiger partial charge is 0.451 e. The van der Waals surface area contributed by atoms with Crippen molar-refractivity contribution in [3.05, 3.63) is 63.4 Å². The van der Waals surface area contributed by atoms with E-state index in [-0.39, 0.29) is 12.5 Å². The Morgan fingerprint density at radius 1 is 1.30 bits per heavy atom. The van der Waals surface area contributed by atoms with Crippen LogP contribution in [0.3, 0.4) is 0 Å². The predicted molar refractivity (Wildman–Crippen MR) is 105 cm³/mol. The number of carbonyl (C=O) groups is 2. The summed E-state index contributed by atoms with van der Waals surface area (Å²) in [6.45, 7) is 2.42. The molecule has 0 saturated carbocycles. The van der Waals surface area contributed by atoms with Gasteiger partial charge in [0.15, 0.2) is 6.61 Å². The molecule has 0 saturated heterocycles. The van der Waals surface area contributed by atoms with Crippen LogP contribution in [0, 0.1) is 5.92 Å². The van der Waals surface area contributed by atoms with Gasteiger partial charge in [0.2, 0.25) is 0 Å². The first-order valence-corrected chi connectivity index (χ1v) is 10.0. The summed E-state index contributed by atoms with van der Waals surface area (Å²) in [7, 11) is 0. The molecule has 1 aromatic heterocycles. The van der Waals surface area contributed by atoms with E-state index in [4.69, 9.17) is 4.74 Å². The SMILES string of the molecule is C[C@H]1CCc2sc(C(=O)OCC(=O)N3CC=C(c4ccccc4)N3)cc2C1. The molecule has 0 radical (unpaired) electrons. The number of hydrogen-bond acceptors (Lipinski definition) is 5. The van der Waals surface area contributed by atoms with Crippen LogP contribution in [-0.2, 0) is 22.4 Å². The first-order valence-electron chi connectivity index (χ1n) is 9.21. The summed E-state index contributed by atoms with van der Waals surface area (Å²) in [5.41, 5.74) is 6.23. The van der Waals surface area contributed by atoms with Crippen molar-refractivity contribution in [2.75, 3.05) is 13.2 Å². The maximum Gasteiger partial charge on any atom is 0.348 e. The highest BCUT2D eigenvalue weighted by molar-refractivity contribution is 7.14. The van der Waals surface area contributed by atoms with Crippen molar-refractivity contribution in [1.82, 2.24) is 10.4 Å². The minimum absolute atomic E-state index is 0.263. The summed E-state index contributed by atoms with van der Waals surface area (Å²) >= 11 is 1.50. The van der Waals surface area contributed by atoms with Gasteiger partial charge in [0.05, 0.1) is 12.2 Å². The monoisotopic (exact) mass is 382 g/mol. The fourth-order valence-electron chi connectivity index (χ4n) is 3.47. The maximum absolute atomic E-state index is 12.4. The van der Waals surface area contributed by atoms with Crippen LogP contribution in [0.25, 0.3) is 5.70 Å². The molecule has 0 spiro atoms. The highest BCUT2D eigenvalue weighted by Crippen LogP contribution is 2.32. The summed E-state index contributed by atoms with van der Waals surface area (Å²) in [5.74, 6) is -0.0172. The number of ether oxygens (including phenoxy) is 1. The van der Waals surface area contributed by atoms with Crippen LogP contribution in [0.15, 0.2) is 42.5 Å². The lowest BCUT2D eigenvalue weighted by Gasteiger charge is -2.18. The van der Waals surface area contributed by atoms with E-state index in [1.165, 1.54) is 26.8 Å². The van der Waals surface area contributed by atoms with Crippen LogP contribution in [0.5, 0.6) is 0 Å². The minimum atomic E-state index is -0.411. The minimum Gasteiger partial charge on any atom is -0.451 e. The zero-order valence-corrected chi connectivity index (χ0v) is 16.1. The summed E-state index contributed by atoms with van der Waals surface area (Å²) in [6, 6.07) is 11.7. The van der Waals surface area contributed by atoms with E-state index in [1.807, 2.05) is 42.5 Å². The quantitative estimate of drug-likeness (QED) is 0.824. The maximum atomic E-state index is 12.4. The molecule has 4 rings (SSSR count). The van der Waals surface area contributed by atoms with Gasteiger partial charge >= 0.3 is 5.97 Å². The van der Waals surface area contributed by atoms with Gasteiger partial charge in [-0.1, -0.05) is 37.3 Å². The number of hydrazine groups is 1. The Kier molecular flexibility index (Phi) is 4.99. The van der Waals surface area contributed by atoms with Gasteiger partial charge < -0.3 is 4.74 Å². The molecule has 6 heteroatoms. The van der Waals surface area contributed by atoms with E-state index in [2.05, 4.69) is 12.3 Å². The fraction of sp³-hybridized carbons (Fsp3) is 0.333. The number of thiophene rings is 1. The smallest absolute Gasteiger partial charge is 0.348 e. The van der Waals surface area contributed by atoms with E-state index < -0.39 is 5.97 Å². The van der Waals surface area contributed by atoms with Crippen molar-refractivity contribution in [2.24, 2.45) is 5.92 Å². The Labute approximate surface area is 162 Å². The van der Waals surface area contributed by atoms with E-state index in [1.54, 1.807) is 0 Å². The molecule has 2 heterocycles. The number of benzene rings is 1. The summed E-state index contributed by atoms with van der Waals surface area (Å²) in [5, 5.41) is 1.47. The van der Waals surface area contributed by atoms with Crippen LogP contribution in [-0.4, -0.2) is 30.0 Å². The molecule has 27 heavy (non-hydrogen) atoms. The molecule has 1 amide bonds. The molecule has 1 aliphatic carbocycles. The van der Waals surface area contributed by atoms with Crippen molar-refractivity contribution in [1.29, 1.82) is 0 Å². The average Bonchev–Trinajstić information content (AvgIpc) is 3.33. The zero-order valence-electron chi connectivity index (χ0n) is 15.2. The van der Waals surface area contributed by atoms with Crippen LogP contribution in [0.1, 0.15) is 39.0 Å². The van der Waals surface area contributed by atoms with Crippen LogP contribution < -0.4 is 5.43 Å². The Hall–Kier alpha value is -2.60. The Morgan fingerprint density at radius 3 is 2.93 bits per heavy atom. The predicted octanol–water partition coefficient (Wildman–Crippen LogP) is 3.42. The molecule has 1 N–H and O–H groups in total. The molecule has 1 aromatic carbocycles. The second-order valence-corrected chi connectivity index (χ2v) is 8.22. The van der Waals surface area contributed by atoms with Crippen molar-refractivity contribution in [3.63, 3.8) is 0 Å². The van der Waals surface area contributed by atoms with Crippen LogP contribution in [0.4, 0.5) is 0 Å². The number of carbonyl (C=O) groups excluding carboxylic acids is 2. The molecule has 140 valence electrons. The molecule has 0 unspecified atom stereocenters. The lowest BCUT2D eigenvalue weighted by Crippen LogP contribution is -2.40. The topological polar surface area (TPSA) is 58.6 Å². The van der Waals surface area contributed by atoms with Crippen molar-refractivity contribution in [2.45, 2.75) is 26.2 Å². The van der Waals surface area contributed by atoms with Gasteiger partial charge in [-0.2, -0.15) is 0 Å². The van der Waals surface area contributed by atoms with Crippen LogP contribution >= 0.6 is 11.3 Å². The molecular formula is C21H22N2O3S. The molecule has 2 aromatic rings. The van der Waals surface area contributed by atoms with Gasteiger partial charge in [-0.25, -0.2) is 9.80 Å². The average molecular weight is 382 g/mol. The molecule has 1 atom stereocenters. The third-order valence-corrected chi connectivity index (χ3v) is 6.19. The number of fused-ring (bicyclic) bond motifs is 1. The molecule has 1 aliphatic heterocycles.